The van der Waals surface area contributed by atoms with Crippen LogP contribution in [0.2, 0.25) is 0 Å². The highest BCUT2D eigenvalue weighted by molar-refractivity contribution is 5.57. The number of ether oxygens (including phenoxy) is 1. The molecule has 2 atom stereocenters. The van der Waals surface area contributed by atoms with E-state index in [1.54, 1.807) is 24.3 Å². The van der Waals surface area contributed by atoms with E-state index in [1.807, 2.05) is 13.8 Å². The van der Waals surface area contributed by atoms with Gasteiger partial charge in [0.25, 0.3) is 0 Å². The number of nitro groups is 1. The average molecular weight is 265 g/mol. The van der Waals surface area contributed by atoms with E-state index in [0.29, 0.717) is 11.3 Å². The maximum Gasteiger partial charge on any atom is 0.211 e. The molecule has 5 heteroatoms. The molecule has 0 unspecified atom stereocenters. The predicted molar refractivity (Wildman–Crippen MR) is 72.0 cm³/mol. The van der Waals surface area contributed by atoms with Gasteiger partial charge in [-0.3, -0.25) is 10.1 Å². The summed E-state index contributed by atoms with van der Waals surface area (Å²) < 4.78 is 5.24. The highest BCUT2D eigenvalue weighted by Crippen LogP contribution is 2.34. The van der Waals surface area contributed by atoms with Crippen LogP contribution in [0.4, 0.5) is 0 Å². The third-order valence-electron chi connectivity index (χ3n) is 3.28. The van der Waals surface area contributed by atoms with E-state index in [-0.39, 0.29) is 17.4 Å². The number of aldehydes is 1. The van der Waals surface area contributed by atoms with Crippen molar-refractivity contribution >= 4 is 6.29 Å². The summed E-state index contributed by atoms with van der Waals surface area (Å²) in [5.74, 6) is -0.250. The van der Waals surface area contributed by atoms with Crippen LogP contribution >= 0.6 is 0 Å². The van der Waals surface area contributed by atoms with Crippen molar-refractivity contribution in [3.8, 4) is 5.75 Å². The third kappa shape index (κ3) is 3.77. The van der Waals surface area contributed by atoms with E-state index >= 15 is 0 Å². The summed E-state index contributed by atoms with van der Waals surface area (Å²) in [5.41, 5.74) is 0.715. The van der Waals surface area contributed by atoms with Crippen molar-refractivity contribution in [3.63, 3.8) is 0 Å². The molecule has 0 N–H and O–H groups in total. The van der Waals surface area contributed by atoms with Gasteiger partial charge in [0, 0.05) is 16.4 Å². The maximum absolute atomic E-state index is 11.3. The molecule has 1 rings (SSSR count). The topological polar surface area (TPSA) is 69.4 Å². The monoisotopic (exact) mass is 265 g/mol. The molecule has 19 heavy (non-hydrogen) atoms. The molecule has 0 aliphatic heterocycles. The smallest absolute Gasteiger partial charge is 0.211 e. The molecule has 0 amide bonds. The fourth-order valence-corrected chi connectivity index (χ4v) is 2.28. The SMILES string of the molecule is COc1ccccc1[C@@H](C[N+](=O)[O-])[C@H](C=O)C(C)C. The van der Waals surface area contributed by atoms with E-state index in [1.165, 1.54) is 7.11 Å². The summed E-state index contributed by atoms with van der Waals surface area (Å²) in [4.78, 5) is 21.8. The van der Waals surface area contributed by atoms with Gasteiger partial charge in [-0.05, 0) is 12.0 Å². The second-order valence-electron chi connectivity index (χ2n) is 4.82. The molecule has 0 saturated carbocycles. The van der Waals surface area contributed by atoms with E-state index in [2.05, 4.69) is 0 Å². The van der Waals surface area contributed by atoms with Gasteiger partial charge in [-0.25, -0.2) is 0 Å². The zero-order valence-corrected chi connectivity index (χ0v) is 11.4. The molecule has 0 spiro atoms. The molecular weight excluding hydrogens is 246 g/mol. The summed E-state index contributed by atoms with van der Waals surface area (Å²) in [7, 11) is 1.52. The fraction of sp³-hybridized carbons (Fsp3) is 0.500. The minimum Gasteiger partial charge on any atom is -0.496 e. The zero-order chi connectivity index (χ0) is 14.4. The molecule has 1 aromatic rings. The Hall–Kier alpha value is -1.91. The van der Waals surface area contributed by atoms with Crippen molar-refractivity contribution in [1.29, 1.82) is 0 Å². The van der Waals surface area contributed by atoms with Crippen LogP contribution in [0, 0.1) is 22.0 Å². The van der Waals surface area contributed by atoms with E-state index in [0.717, 1.165) is 6.29 Å². The van der Waals surface area contributed by atoms with Crippen molar-refractivity contribution in [2.45, 2.75) is 19.8 Å². The summed E-state index contributed by atoms with van der Waals surface area (Å²) in [6.45, 7) is 3.50. The van der Waals surface area contributed by atoms with Crippen LogP contribution in [0.25, 0.3) is 0 Å². The molecule has 0 bridgehead atoms. The van der Waals surface area contributed by atoms with Gasteiger partial charge in [0.2, 0.25) is 6.54 Å². The van der Waals surface area contributed by atoms with Gasteiger partial charge in [0.1, 0.15) is 12.0 Å². The maximum atomic E-state index is 11.3. The third-order valence-corrected chi connectivity index (χ3v) is 3.28. The minimum atomic E-state index is -0.469. The number of benzene rings is 1. The van der Waals surface area contributed by atoms with Gasteiger partial charge >= 0.3 is 0 Å². The standard InChI is InChI=1S/C14H19NO4/c1-10(2)13(9-16)12(8-15(17)18)11-6-4-5-7-14(11)19-3/h4-7,9-10,12-13H,8H2,1-3H3/t12-,13-/m1/s1. The quantitative estimate of drug-likeness (QED) is 0.431. The normalized spacial score (nSPS) is 13.9. The number of hydrogen-bond donors (Lipinski definition) is 0. The zero-order valence-electron chi connectivity index (χ0n) is 11.4. The van der Waals surface area contributed by atoms with Crippen LogP contribution < -0.4 is 4.74 Å². The molecule has 104 valence electrons. The largest absolute Gasteiger partial charge is 0.496 e. The first-order valence-corrected chi connectivity index (χ1v) is 6.21. The number of rotatable bonds is 7. The molecule has 0 aromatic heterocycles. The summed E-state index contributed by atoms with van der Waals surface area (Å²) in [6, 6.07) is 7.14. The summed E-state index contributed by atoms with van der Waals surface area (Å²) in [6.07, 6.45) is 0.811. The molecule has 1 aromatic carbocycles. The van der Waals surface area contributed by atoms with Gasteiger partial charge in [-0.15, -0.1) is 0 Å². The Bertz CT molecular complexity index is 445. The van der Waals surface area contributed by atoms with Gasteiger partial charge in [0.05, 0.1) is 13.0 Å². The van der Waals surface area contributed by atoms with Gasteiger partial charge in [-0.1, -0.05) is 32.0 Å². The van der Waals surface area contributed by atoms with Crippen LogP contribution in [0.3, 0.4) is 0 Å². The Balaban J connectivity index is 3.22. The van der Waals surface area contributed by atoms with E-state index in [4.69, 9.17) is 4.74 Å². The summed E-state index contributed by atoms with van der Waals surface area (Å²) in [5, 5.41) is 10.9. The highest BCUT2D eigenvalue weighted by Gasteiger charge is 2.31. The van der Waals surface area contributed by atoms with Crippen LogP contribution in [-0.2, 0) is 4.79 Å². The fourth-order valence-electron chi connectivity index (χ4n) is 2.28. The minimum absolute atomic E-state index is 0.0346. The predicted octanol–water partition coefficient (Wildman–Crippen LogP) is 2.53. The van der Waals surface area contributed by atoms with Gasteiger partial charge < -0.3 is 9.53 Å². The number of hydrogen-bond acceptors (Lipinski definition) is 4. The number of nitrogens with zero attached hydrogens (tertiary/aromatic N) is 1. The van der Waals surface area contributed by atoms with E-state index in [9.17, 15) is 14.9 Å². The Morgan fingerprint density at radius 1 is 1.37 bits per heavy atom. The van der Waals surface area contributed by atoms with E-state index < -0.39 is 11.8 Å². The van der Waals surface area contributed by atoms with Crippen LogP contribution in [0.5, 0.6) is 5.75 Å². The molecule has 0 fully saturated rings. The van der Waals surface area contributed by atoms with Crippen molar-refractivity contribution in [2.24, 2.45) is 11.8 Å². The Morgan fingerprint density at radius 2 is 2.00 bits per heavy atom. The van der Waals surface area contributed by atoms with Crippen molar-refractivity contribution in [1.82, 2.24) is 0 Å². The first-order valence-electron chi connectivity index (χ1n) is 6.21. The molecule has 5 nitrogen and oxygen atoms in total. The lowest BCUT2D eigenvalue weighted by Gasteiger charge is -2.24. The van der Waals surface area contributed by atoms with Gasteiger partial charge in [0.15, 0.2) is 0 Å². The van der Waals surface area contributed by atoms with Crippen LogP contribution in [-0.4, -0.2) is 24.9 Å². The Morgan fingerprint density at radius 3 is 2.47 bits per heavy atom. The first-order chi connectivity index (χ1) is 9.01. The van der Waals surface area contributed by atoms with Crippen LogP contribution in [0.15, 0.2) is 24.3 Å². The average Bonchev–Trinajstić information content (AvgIpc) is 2.37. The lowest BCUT2D eigenvalue weighted by molar-refractivity contribution is -0.484. The number of carbonyl (C=O) groups excluding carboxylic acids is 1. The first kappa shape index (κ1) is 15.1. The Kier molecular flexibility index (Phi) is 5.48. The summed E-state index contributed by atoms with van der Waals surface area (Å²) >= 11 is 0. The molecule has 0 saturated heterocycles. The second-order valence-corrected chi connectivity index (χ2v) is 4.82. The van der Waals surface area contributed by atoms with Crippen molar-refractivity contribution in [3.05, 3.63) is 39.9 Å². The van der Waals surface area contributed by atoms with Crippen molar-refractivity contribution < 1.29 is 14.5 Å². The molecule has 0 radical (unpaired) electrons. The number of para-hydroxylation sites is 1. The molecule has 0 aliphatic rings. The molecule has 0 heterocycles. The molecular formula is C14H19NO4. The Labute approximate surface area is 112 Å². The van der Waals surface area contributed by atoms with Gasteiger partial charge in [-0.2, -0.15) is 0 Å². The van der Waals surface area contributed by atoms with Crippen molar-refractivity contribution in [2.75, 3.05) is 13.7 Å². The number of methoxy groups -OCH3 is 1. The lowest BCUT2D eigenvalue weighted by Crippen LogP contribution is -2.26. The highest BCUT2D eigenvalue weighted by atomic mass is 16.6. The number of carbonyl (C=O) groups is 1. The second kappa shape index (κ2) is 6.87. The molecule has 0 aliphatic carbocycles. The lowest BCUT2D eigenvalue weighted by atomic mass is 9.80. The van der Waals surface area contributed by atoms with Crippen LogP contribution in [0.1, 0.15) is 25.3 Å².